The van der Waals surface area contributed by atoms with E-state index in [-0.39, 0.29) is 11.9 Å². The summed E-state index contributed by atoms with van der Waals surface area (Å²) in [6, 6.07) is 18.8. The Morgan fingerprint density at radius 3 is 2.81 bits per heavy atom. The number of carbonyl (C=O) groups is 1. The smallest absolute Gasteiger partial charge is 0.223 e. The van der Waals surface area contributed by atoms with Crippen LogP contribution >= 0.6 is 23.1 Å². The van der Waals surface area contributed by atoms with Crippen molar-refractivity contribution in [1.29, 1.82) is 0 Å². The van der Waals surface area contributed by atoms with E-state index in [1.54, 1.807) is 11.3 Å². The summed E-state index contributed by atoms with van der Waals surface area (Å²) in [6.45, 7) is 0.866. The molecule has 2 aromatic carbocycles. The Balaban J connectivity index is 1.34. The van der Waals surface area contributed by atoms with Gasteiger partial charge in [-0.25, -0.2) is 4.98 Å². The van der Waals surface area contributed by atoms with Gasteiger partial charge in [0.25, 0.3) is 0 Å². The molecule has 1 aromatic heterocycles. The molecule has 26 heavy (non-hydrogen) atoms. The molecule has 1 aliphatic rings. The van der Waals surface area contributed by atoms with E-state index >= 15 is 0 Å². The normalized spacial score (nSPS) is 17.1. The molecule has 0 N–H and O–H groups in total. The number of aromatic nitrogens is 1. The fraction of sp³-hybridized carbons (Fsp3) is 0.333. The highest BCUT2D eigenvalue weighted by Crippen LogP contribution is 2.36. The molecule has 1 aliphatic heterocycles. The van der Waals surface area contributed by atoms with Crippen molar-refractivity contribution in [3.8, 4) is 0 Å². The molecule has 0 unspecified atom stereocenters. The van der Waals surface area contributed by atoms with Gasteiger partial charge < -0.3 is 4.90 Å². The van der Waals surface area contributed by atoms with E-state index in [0.717, 1.165) is 42.1 Å². The predicted octanol–water partition coefficient (Wildman–Crippen LogP) is 5.53. The number of thiazole rings is 1. The lowest BCUT2D eigenvalue weighted by Gasteiger charge is -2.23. The molecule has 0 spiro atoms. The second-order valence-corrected chi connectivity index (χ2v) is 8.76. The molecule has 0 saturated carbocycles. The van der Waals surface area contributed by atoms with E-state index in [2.05, 4.69) is 41.3 Å². The maximum Gasteiger partial charge on any atom is 0.223 e. The molecular formula is C21H22N2OS2. The van der Waals surface area contributed by atoms with Crippen LogP contribution in [-0.2, 0) is 4.79 Å². The molecule has 3 aromatic rings. The fourth-order valence-electron chi connectivity index (χ4n) is 3.43. The van der Waals surface area contributed by atoms with Crippen LogP contribution in [0.2, 0.25) is 0 Å². The van der Waals surface area contributed by atoms with Crippen molar-refractivity contribution in [2.75, 3.05) is 12.3 Å². The number of amides is 1. The number of fused-ring (bicyclic) bond motifs is 1. The molecular weight excluding hydrogens is 360 g/mol. The van der Waals surface area contributed by atoms with Crippen molar-refractivity contribution in [2.45, 2.75) is 36.6 Å². The molecule has 0 aliphatic carbocycles. The van der Waals surface area contributed by atoms with Gasteiger partial charge in [-0.05, 0) is 49.3 Å². The Morgan fingerprint density at radius 1 is 1.15 bits per heavy atom. The molecule has 1 amide bonds. The zero-order valence-electron chi connectivity index (χ0n) is 14.6. The van der Waals surface area contributed by atoms with E-state index in [4.69, 9.17) is 4.98 Å². The molecule has 1 fully saturated rings. The third-order valence-electron chi connectivity index (χ3n) is 4.72. The Labute approximate surface area is 162 Å². The third kappa shape index (κ3) is 3.94. The topological polar surface area (TPSA) is 33.2 Å². The van der Waals surface area contributed by atoms with Gasteiger partial charge in [0.15, 0.2) is 0 Å². The van der Waals surface area contributed by atoms with Crippen molar-refractivity contribution in [1.82, 2.24) is 9.88 Å². The summed E-state index contributed by atoms with van der Waals surface area (Å²) in [4.78, 5) is 20.9. The summed E-state index contributed by atoms with van der Waals surface area (Å²) >= 11 is 3.56. The van der Waals surface area contributed by atoms with Crippen LogP contribution in [0.3, 0.4) is 0 Å². The first-order chi connectivity index (χ1) is 12.8. The van der Waals surface area contributed by atoms with Gasteiger partial charge in [-0.2, -0.15) is 0 Å². The van der Waals surface area contributed by atoms with Crippen LogP contribution in [0, 0.1) is 0 Å². The first-order valence-corrected chi connectivity index (χ1v) is 10.9. The largest absolute Gasteiger partial charge is 0.333 e. The van der Waals surface area contributed by atoms with E-state index < -0.39 is 0 Å². The van der Waals surface area contributed by atoms with Crippen LogP contribution in [0.1, 0.15) is 36.7 Å². The van der Waals surface area contributed by atoms with Gasteiger partial charge >= 0.3 is 0 Å². The summed E-state index contributed by atoms with van der Waals surface area (Å²) < 4.78 is 1.21. The second kappa shape index (κ2) is 8.23. The monoisotopic (exact) mass is 382 g/mol. The molecule has 0 bridgehead atoms. The first kappa shape index (κ1) is 17.6. The standard InChI is InChI=1S/C21H22N2OS2/c24-20(13-7-15-25-16-8-2-1-3-9-16)23-14-6-11-18(23)21-22-17-10-4-5-12-19(17)26-21/h1-5,8-10,12,18H,6-7,11,13-15H2/t18-/m0/s1. The number of likely N-dealkylation sites (tertiary alicyclic amines) is 1. The lowest BCUT2D eigenvalue weighted by molar-refractivity contribution is -0.132. The molecule has 4 rings (SSSR count). The van der Waals surface area contributed by atoms with Gasteiger partial charge in [-0.1, -0.05) is 30.3 Å². The summed E-state index contributed by atoms with van der Waals surface area (Å²) in [5, 5.41) is 1.09. The molecule has 3 nitrogen and oxygen atoms in total. The van der Waals surface area contributed by atoms with Gasteiger partial charge in [0.05, 0.1) is 16.3 Å². The maximum absolute atomic E-state index is 12.7. The molecule has 0 radical (unpaired) electrons. The van der Waals surface area contributed by atoms with Crippen molar-refractivity contribution in [2.24, 2.45) is 0 Å². The summed E-state index contributed by atoms with van der Waals surface area (Å²) in [6.07, 6.45) is 3.65. The maximum atomic E-state index is 12.7. The quantitative estimate of drug-likeness (QED) is 0.415. The van der Waals surface area contributed by atoms with Crippen molar-refractivity contribution in [3.63, 3.8) is 0 Å². The Hall–Kier alpha value is -1.85. The minimum absolute atomic E-state index is 0.168. The van der Waals surface area contributed by atoms with E-state index in [0.29, 0.717) is 6.42 Å². The van der Waals surface area contributed by atoms with Crippen molar-refractivity contribution < 1.29 is 4.79 Å². The van der Waals surface area contributed by atoms with E-state index in [1.165, 1.54) is 9.60 Å². The average Bonchev–Trinajstić information content (AvgIpc) is 3.32. The van der Waals surface area contributed by atoms with Crippen LogP contribution in [0.15, 0.2) is 59.5 Å². The van der Waals surface area contributed by atoms with Gasteiger partial charge in [0.1, 0.15) is 5.01 Å². The van der Waals surface area contributed by atoms with Crippen molar-refractivity contribution >= 4 is 39.2 Å². The highest BCUT2D eigenvalue weighted by molar-refractivity contribution is 7.99. The first-order valence-electron chi connectivity index (χ1n) is 9.14. The van der Waals surface area contributed by atoms with Crippen LogP contribution in [0.4, 0.5) is 0 Å². The van der Waals surface area contributed by atoms with Gasteiger partial charge in [-0.15, -0.1) is 23.1 Å². The minimum atomic E-state index is 0.168. The third-order valence-corrected chi connectivity index (χ3v) is 6.95. The number of hydrogen-bond donors (Lipinski definition) is 0. The van der Waals surface area contributed by atoms with Crippen LogP contribution in [-0.4, -0.2) is 28.1 Å². The van der Waals surface area contributed by atoms with Crippen LogP contribution in [0.5, 0.6) is 0 Å². The Kier molecular flexibility index (Phi) is 5.56. The Morgan fingerprint density at radius 2 is 1.96 bits per heavy atom. The SMILES string of the molecule is O=C(CCCSc1ccccc1)N1CCC[C@H]1c1nc2ccccc2s1. The highest BCUT2D eigenvalue weighted by atomic mass is 32.2. The van der Waals surface area contributed by atoms with E-state index in [9.17, 15) is 4.79 Å². The van der Waals surface area contributed by atoms with Gasteiger partial charge in [-0.3, -0.25) is 4.79 Å². The minimum Gasteiger partial charge on any atom is -0.333 e. The molecule has 1 saturated heterocycles. The average molecular weight is 383 g/mol. The summed E-state index contributed by atoms with van der Waals surface area (Å²) in [5.41, 5.74) is 1.05. The molecule has 134 valence electrons. The molecule has 2 heterocycles. The lowest BCUT2D eigenvalue weighted by Crippen LogP contribution is -2.30. The number of carbonyl (C=O) groups excluding carboxylic acids is 1. The molecule has 1 atom stereocenters. The van der Waals surface area contributed by atoms with Gasteiger partial charge in [0, 0.05) is 17.9 Å². The Bertz CT molecular complexity index is 845. The fourth-order valence-corrected chi connectivity index (χ4v) is 5.42. The van der Waals surface area contributed by atoms with Crippen LogP contribution in [0.25, 0.3) is 10.2 Å². The van der Waals surface area contributed by atoms with Gasteiger partial charge in [0.2, 0.25) is 5.91 Å². The number of benzene rings is 2. The number of hydrogen-bond acceptors (Lipinski definition) is 4. The predicted molar refractivity (Wildman–Crippen MR) is 110 cm³/mol. The number of thioether (sulfide) groups is 1. The highest BCUT2D eigenvalue weighted by Gasteiger charge is 2.31. The number of para-hydroxylation sites is 1. The molecule has 5 heteroatoms. The van der Waals surface area contributed by atoms with Crippen LogP contribution < -0.4 is 0 Å². The lowest BCUT2D eigenvalue weighted by atomic mass is 10.2. The number of nitrogens with zero attached hydrogens (tertiary/aromatic N) is 2. The van der Waals surface area contributed by atoms with E-state index in [1.807, 2.05) is 30.0 Å². The summed E-state index contributed by atoms with van der Waals surface area (Å²) in [7, 11) is 0. The number of rotatable bonds is 6. The summed E-state index contributed by atoms with van der Waals surface area (Å²) in [5.74, 6) is 1.26. The second-order valence-electron chi connectivity index (χ2n) is 6.53. The van der Waals surface area contributed by atoms with Crippen molar-refractivity contribution in [3.05, 3.63) is 59.6 Å². The zero-order chi connectivity index (χ0) is 17.8. The zero-order valence-corrected chi connectivity index (χ0v) is 16.3.